The fourth-order valence-corrected chi connectivity index (χ4v) is 3.73. The molecule has 0 bridgehead atoms. The van der Waals surface area contributed by atoms with Crippen molar-refractivity contribution in [3.8, 4) is 0 Å². The van der Waals surface area contributed by atoms with E-state index in [2.05, 4.69) is 10.6 Å². The number of imide groups is 1. The van der Waals surface area contributed by atoms with Gasteiger partial charge in [0, 0.05) is 16.9 Å². The van der Waals surface area contributed by atoms with E-state index in [9.17, 15) is 14.4 Å². The number of benzene rings is 3. The predicted octanol–water partition coefficient (Wildman–Crippen LogP) is 5.30. The van der Waals surface area contributed by atoms with Crippen LogP contribution >= 0.6 is 11.6 Å². The summed E-state index contributed by atoms with van der Waals surface area (Å²) in [5.74, 6) is -1.36. The predicted molar refractivity (Wildman–Crippen MR) is 130 cm³/mol. The normalized spacial score (nSPS) is 13.5. The van der Waals surface area contributed by atoms with Crippen LogP contribution in [-0.4, -0.2) is 17.7 Å². The zero-order valence-corrected chi connectivity index (χ0v) is 19.2. The molecule has 1 aliphatic heterocycles. The van der Waals surface area contributed by atoms with Gasteiger partial charge in [0.05, 0.1) is 5.69 Å². The fraction of sp³-hybridized carbons (Fsp3) is 0.115. The van der Waals surface area contributed by atoms with Gasteiger partial charge in [-0.1, -0.05) is 35.9 Å². The third kappa shape index (κ3) is 4.38. The van der Waals surface area contributed by atoms with E-state index < -0.39 is 11.8 Å². The second kappa shape index (κ2) is 8.92. The Balaban J connectivity index is 1.49. The molecule has 3 aromatic rings. The van der Waals surface area contributed by atoms with Gasteiger partial charge in [-0.25, -0.2) is 4.90 Å². The zero-order valence-electron chi connectivity index (χ0n) is 18.4. The minimum atomic E-state index is -0.581. The first-order chi connectivity index (χ1) is 15.8. The van der Waals surface area contributed by atoms with Crippen molar-refractivity contribution in [1.29, 1.82) is 0 Å². The van der Waals surface area contributed by atoms with Gasteiger partial charge in [0.15, 0.2) is 0 Å². The number of hydrogen-bond acceptors (Lipinski definition) is 4. The van der Waals surface area contributed by atoms with Crippen molar-refractivity contribution in [2.75, 3.05) is 15.5 Å². The van der Waals surface area contributed by atoms with Gasteiger partial charge in [-0.2, -0.15) is 0 Å². The molecule has 0 saturated carbocycles. The van der Waals surface area contributed by atoms with E-state index in [1.165, 1.54) is 0 Å². The first-order valence-corrected chi connectivity index (χ1v) is 10.7. The molecule has 4 rings (SSSR count). The van der Waals surface area contributed by atoms with Crippen LogP contribution in [0.2, 0.25) is 0 Å². The van der Waals surface area contributed by atoms with Crippen molar-refractivity contribution >= 4 is 46.4 Å². The lowest BCUT2D eigenvalue weighted by Gasteiger charge is -2.17. The molecule has 0 fully saturated rings. The first kappa shape index (κ1) is 22.3. The average molecular weight is 460 g/mol. The van der Waals surface area contributed by atoms with E-state index >= 15 is 0 Å². The van der Waals surface area contributed by atoms with Gasteiger partial charge < -0.3 is 10.6 Å². The summed E-state index contributed by atoms with van der Waals surface area (Å²) in [7, 11) is 0. The number of para-hydroxylation sites is 1. The van der Waals surface area contributed by atoms with E-state index in [0.717, 1.165) is 21.6 Å². The fourth-order valence-electron chi connectivity index (χ4n) is 3.52. The Morgan fingerprint density at radius 1 is 0.788 bits per heavy atom. The molecule has 33 heavy (non-hydrogen) atoms. The molecular weight excluding hydrogens is 438 g/mol. The van der Waals surface area contributed by atoms with Crippen LogP contribution in [0.15, 0.2) is 77.5 Å². The quantitative estimate of drug-likeness (QED) is 0.507. The second-order valence-corrected chi connectivity index (χ2v) is 8.25. The Bertz CT molecular complexity index is 1310. The maximum atomic E-state index is 12.9. The molecule has 166 valence electrons. The number of halogens is 1. The standard InChI is InChI=1S/C26H22ClN3O3/c1-15-8-11-20(14-17(15)3)29-24(31)18-9-12-19(13-10-18)28-23-22(27)25(32)30(26(23)33)21-7-5-4-6-16(21)2/h4-14,28H,1-3H3,(H,29,31). The van der Waals surface area contributed by atoms with E-state index in [4.69, 9.17) is 11.6 Å². The molecule has 0 aliphatic carbocycles. The molecule has 7 heteroatoms. The summed E-state index contributed by atoms with van der Waals surface area (Å²) in [6, 6.07) is 19.4. The number of nitrogens with zero attached hydrogens (tertiary/aromatic N) is 1. The number of rotatable bonds is 5. The topological polar surface area (TPSA) is 78.5 Å². The maximum Gasteiger partial charge on any atom is 0.283 e. The Labute approximate surface area is 196 Å². The van der Waals surface area contributed by atoms with Crippen LogP contribution in [0.5, 0.6) is 0 Å². The van der Waals surface area contributed by atoms with Crippen LogP contribution in [-0.2, 0) is 9.59 Å². The number of aryl methyl sites for hydroxylation is 3. The minimum absolute atomic E-state index is 0.00254. The van der Waals surface area contributed by atoms with Crippen LogP contribution in [0.3, 0.4) is 0 Å². The van der Waals surface area contributed by atoms with E-state index in [1.54, 1.807) is 36.4 Å². The summed E-state index contributed by atoms with van der Waals surface area (Å²) < 4.78 is 0. The number of carbonyl (C=O) groups is 3. The van der Waals surface area contributed by atoms with Gasteiger partial charge in [-0.05, 0) is 79.9 Å². The van der Waals surface area contributed by atoms with Gasteiger partial charge in [0.25, 0.3) is 17.7 Å². The van der Waals surface area contributed by atoms with Gasteiger partial charge in [-0.15, -0.1) is 0 Å². The summed E-state index contributed by atoms with van der Waals surface area (Å²) in [5.41, 5.74) is 5.20. The molecule has 0 radical (unpaired) electrons. The Morgan fingerprint density at radius 3 is 2.12 bits per heavy atom. The number of hydrogen-bond donors (Lipinski definition) is 2. The molecule has 6 nitrogen and oxygen atoms in total. The largest absolute Gasteiger partial charge is 0.350 e. The van der Waals surface area contributed by atoms with E-state index in [0.29, 0.717) is 22.6 Å². The van der Waals surface area contributed by atoms with Crippen LogP contribution < -0.4 is 15.5 Å². The lowest BCUT2D eigenvalue weighted by atomic mass is 10.1. The highest BCUT2D eigenvalue weighted by Gasteiger charge is 2.39. The Kier molecular flexibility index (Phi) is 6.03. The van der Waals surface area contributed by atoms with Crippen molar-refractivity contribution < 1.29 is 14.4 Å². The van der Waals surface area contributed by atoms with E-state index in [-0.39, 0.29) is 16.6 Å². The number of nitrogens with one attached hydrogen (secondary N) is 2. The summed E-state index contributed by atoms with van der Waals surface area (Å²) in [4.78, 5) is 39.2. The maximum absolute atomic E-state index is 12.9. The highest BCUT2D eigenvalue weighted by atomic mass is 35.5. The SMILES string of the molecule is Cc1ccc(NC(=O)c2ccc(NC3=C(Cl)C(=O)N(c4ccccc4C)C3=O)cc2)cc1C. The summed E-state index contributed by atoms with van der Waals surface area (Å²) >= 11 is 6.21. The molecule has 0 saturated heterocycles. The van der Waals surface area contributed by atoms with Crippen molar-refractivity contribution in [2.24, 2.45) is 0 Å². The Hall–Kier alpha value is -3.90. The zero-order chi connectivity index (χ0) is 23.7. The average Bonchev–Trinajstić information content (AvgIpc) is 3.00. The van der Waals surface area contributed by atoms with Gasteiger partial charge in [0.1, 0.15) is 10.7 Å². The van der Waals surface area contributed by atoms with Crippen molar-refractivity contribution in [3.05, 3.63) is 99.7 Å². The molecule has 0 unspecified atom stereocenters. The van der Waals surface area contributed by atoms with Crippen molar-refractivity contribution in [1.82, 2.24) is 0 Å². The molecule has 1 heterocycles. The lowest BCUT2D eigenvalue weighted by Crippen LogP contribution is -2.32. The molecule has 0 spiro atoms. The molecule has 0 atom stereocenters. The van der Waals surface area contributed by atoms with Crippen molar-refractivity contribution in [3.63, 3.8) is 0 Å². The summed E-state index contributed by atoms with van der Waals surface area (Å²) in [5, 5.41) is 5.62. The molecule has 3 amide bonds. The molecule has 0 aromatic heterocycles. The third-order valence-electron chi connectivity index (χ3n) is 5.56. The number of amides is 3. The highest BCUT2D eigenvalue weighted by Crippen LogP contribution is 2.31. The Morgan fingerprint density at radius 2 is 1.45 bits per heavy atom. The van der Waals surface area contributed by atoms with Crippen LogP contribution in [0.25, 0.3) is 0 Å². The van der Waals surface area contributed by atoms with Crippen molar-refractivity contribution in [2.45, 2.75) is 20.8 Å². The van der Waals surface area contributed by atoms with Crippen LogP contribution in [0, 0.1) is 20.8 Å². The number of anilines is 3. The van der Waals surface area contributed by atoms with Crippen LogP contribution in [0.4, 0.5) is 17.1 Å². The van der Waals surface area contributed by atoms with Gasteiger partial charge in [0.2, 0.25) is 0 Å². The molecule has 2 N–H and O–H groups in total. The lowest BCUT2D eigenvalue weighted by molar-refractivity contribution is -0.120. The smallest absolute Gasteiger partial charge is 0.283 e. The number of carbonyl (C=O) groups excluding carboxylic acids is 3. The molecule has 1 aliphatic rings. The summed E-state index contributed by atoms with van der Waals surface area (Å²) in [6.45, 7) is 5.81. The monoisotopic (exact) mass is 459 g/mol. The second-order valence-electron chi connectivity index (χ2n) is 7.88. The van der Waals surface area contributed by atoms with Gasteiger partial charge in [-0.3, -0.25) is 14.4 Å². The molecular formula is C26H22ClN3O3. The van der Waals surface area contributed by atoms with E-state index in [1.807, 2.05) is 51.1 Å². The minimum Gasteiger partial charge on any atom is -0.350 e. The highest BCUT2D eigenvalue weighted by molar-refractivity contribution is 6.53. The first-order valence-electron chi connectivity index (χ1n) is 10.4. The van der Waals surface area contributed by atoms with Crippen LogP contribution in [0.1, 0.15) is 27.0 Å². The summed E-state index contributed by atoms with van der Waals surface area (Å²) in [6.07, 6.45) is 0. The molecule has 3 aromatic carbocycles. The van der Waals surface area contributed by atoms with Gasteiger partial charge >= 0.3 is 0 Å². The third-order valence-corrected chi connectivity index (χ3v) is 5.92.